The molecule has 0 spiro atoms. The van der Waals surface area contributed by atoms with Gasteiger partial charge in [0.15, 0.2) is 0 Å². The number of rotatable bonds is 3. The zero-order valence-electron chi connectivity index (χ0n) is 12.7. The van der Waals surface area contributed by atoms with Crippen LogP contribution in [-0.2, 0) is 10.0 Å². The Hall–Kier alpha value is -2.01. The van der Waals surface area contributed by atoms with Crippen LogP contribution in [0.3, 0.4) is 0 Å². The number of sulfonamides is 1. The lowest BCUT2D eigenvalue weighted by atomic mass is 10.1. The Kier molecular flexibility index (Phi) is 3.96. The average molecular weight is 304 g/mol. The van der Waals surface area contributed by atoms with Gasteiger partial charge in [0, 0.05) is 5.69 Å². The molecule has 0 radical (unpaired) electrons. The number of nitrogens with two attached hydrogens (primary N) is 1. The summed E-state index contributed by atoms with van der Waals surface area (Å²) in [5.41, 5.74) is 10.5. The fraction of sp³-hybridized carbons (Fsp3) is 0.250. The lowest BCUT2D eigenvalue weighted by molar-refractivity contribution is 0.600. The van der Waals surface area contributed by atoms with E-state index in [-0.39, 0.29) is 4.90 Å². The van der Waals surface area contributed by atoms with Gasteiger partial charge in [-0.3, -0.25) is 4.72 Å². The van der Waals surface area contributed by atoms with Gasteiger partial charge < -0.3 is 5.73 Å². The van der Waals surface area contributed by atoms with Crippen molar-refractivity contribution in [2.45, 2.75) is 32.6 Å². The van der Waals surface area contributed by atoms with Gasteiger partial charge >= 0.3 is 0 Å². The number of hydrogen-bond donors (Lipinski definition) is 2. The van der Waals surface area contributed by atoms with E-state index in [1.165, 1.54) is 0 Å². The summed E-state index contributed by atoms with van der Waals surface area (Å²) in [7, 11) is -3.62. The second kappa shape index (κ2) is 5.41. The first-order chi connectivity index (χ1) is 9.72. The molecule has 112 valence electrons. The lowest BCUT2D eigenvalue weighted by Crippen LogP contribution is -2.15. The molecule has 0 atom stereocenters. The van der Waals surface area contributed by atoms with Gasteiger partial charge in [0.1, 0.15) is 0 Å². The Labute approximate surface area is 126 Å². The predicted octanol–water partition coefficient (Wildman–Crippen LogP) is 3.30. The lowest BCUT2D eigenvalue weighted by Gasteiger charge is -2.15. The summed E-state index contributed by atoms with van der Waals surface area (Å²) < 4.78 is 27.7. The highest BCUT2D eigenvalue weighted by Crippen LogP contribution is 2.27. The number of aryl methyl sites for hydroxylation is 3. The maximum Gasteiger partial charge on any atom is 0.262 e. The molecule has 0 aliphatic heterocycles. The van der Waals surface area contributed by atoms with Gasteiger partial charge in [-0.2, -0.15) is 0 Å². The topological polar surface area (TPSA) is 72.2 Å². The minimum atomic E-state index is -3.62. The van der Waals surface area contributed by atoms with Gasteiger partial charge in [-0.15, -0.1) is 0 Å². The highest BCUT2D eigenvalue weighted by Gasteiger charge is 2.18. The van der Waals surface area contributed by atoms with E-state index >= 15 is 0 Å². The number of anilines is 2. The van der Waals surface area contributed by atoms with Crippen molar-refractivity contribution >= 4 is 21.4 Å². The highest BCUT2D eigenvalue weighted by molar-refractivity contribution is 7.92. The minimum absolute atomic E-state index is 0.284. The average Bonchev–Trinajstić information content (AvgIpc) is 2.39. The molecule has 0 bridgehead atoms. The van der Waals surface area contributed by atoms with Gasteiger partial charge in [0.05, 0.1) is 10.6 Å². The van der Waals surface area contributed by atoms with Crippen LogP contribution in [0.1, 0.15) is 22.3 Å². The Morgan fingerprint density at radius 1 is 0.952 bits per heavy atom. The molecule has 0 aliphatic carbocycles. The van der Waals surface area contributed by atoms with Crippen LogP contribution in [0.15, 0.2) is 35.2 Å². The van der Waals surface area contributed by atoms with E-state index in [1.54, 1.807) is 25.1 Å². The molecule has 0 aliphatic rings. The summed E-state index contributed by atoms with van der Waals surface area (Å²) in [4.78, 5) is 0.284. The molecule has 0 aromatic heterocycles. The van der Waals surface area contributed by atoms with E-state index < -0.39 is 10.0 Å². The molecule has 2 aromatic rings. The predicted molar refractivity (Wildman–Crippen MR) is 87.1 cm³/mol. The van der Waals surface area contributed by atoms with Crippen LogP contribution in [0.4, 0.5) is 11.4 Å². The maximum absolute atomic E-state index is 12.5. The van der Waals surface area contributed by atoms with Gasteiger partial charge in [0.2, 0.25) is 0 Å². The van der Waals surface area contributed by atoms with Crippen molar-refractivity contribution in [2.24, 2.45) is 0 Å². The smallest absolute Gasteiger partial charge is 0.262 e. The molecule has 3 N–H and O–H groups in total. The SMILES string of the molecule is Cc1ccc(S(=O)(=O)Nc2ccc(C)c(N)c2C)c(C)c1. The van der Waals surface area contributed by atoms with Crippen molar-refractivity contribution in [2.75, 3.05) is 10.5 Å². The number of benzene rings is 2. The van der Waals surface area contributed by atoms with Crippen LogP contribution >= 0.6 is 0 Å². The van der Waals surface area contributed by atoms with Gasteiger partial charge in [-0.1, -0.05) is 23.8 Å². The number of hydrogen-bond acceptors (Lipinski definition) is 3. The van der Waals surface area contributed by atoms with Crippen molar-refractivity contribution in [3.8, 4) is 0 Å². The summed E-state index contributed by atoms with van der Waals surface area (Å²) >= 11 is 0. The van der Waals surface area contributed by atoms with Crippen LogP contribution in [0.5, 0.6) is 0 Å². The molecule has 2 aromatic carbocycles. The maximum atomic E-state index is 12.5. The number of nitrogen functional groups attached to an aromatic ring is 1. The first-order valence-corrected chi connectivity index (χ1v) is 8.16. The fourth-order valence-electron chi connectivity index (χ4n) is 2.28. The third-order valence-electron chi connectivity index (χ3n) is 3.60. The molecule has 0 amide bonds. The molecule has 0 heterocycles. The third kappa shape index (κ3) is 3.03. The Morgan fingerprint density at radius 3 is 2.24 bits per heavy atom. The molecule has 4 nitrogen and oxygen atoms in total. The Bertz CT molecular complexity index is 796. The number of nitrogens with one attached hydrogen (secondary N) is 1. The summed E-state index contributed by atoms with van der Waals surface area (Å²) in [6.07, 6.45) is 0. The zero-order chi connectivity index (χ0) is 15.8. The Balaban J connectivity index is 2.45. The summed E-state index contributed by atoms with van der Waals surface area (Å²) in [6, 6.07) is 8.81. The van der Waals surface area contributed by atoms with Gasteiger partial charge in [-0.05, 0) is 56.5 Å². The third-order valence-corrected chi connectivity index (χ3v) is 5.12. The molecule has 0 unspecified atom stereocenters. The Morgan fingerprint density at radius 2 is 1.62 bits per heavy atom. The second-order valence-electron chi connectivity index (χ2n) is 5.34. The van der Waals surface area contributed by atoms with E-state index in [0.29, 0.717) is 11.4 Å². The highest BCUT2D eigenvalue weighted by atomic mass is 32.2. The molecule has 0 fully saturated rings. The largest absolute Gasteiger partial charge is 0.398 e. The van der Waals surface area contributed by atoms with Crippen LogP contribution in [-0.4, -0.2) is 8.42 Å². The van der Waals surface area contributed by atoms with Crippen LogP contribution in [0.25, 0.3) is 0 Å². The van der Waals surface area contributed by atoms with Crippen LogP contribution in [0, 0.1) is 27.7 Å². The van der Waals surface area contributed by atoms with Crippen molar-refractivity contribution in [1.82, 2.24) is 0 Å². The van der Waals surface area contributed by atoms with Crippen LogP contribution in [0.2, 0.25) is 0 Å². The van der Waals surface area contributed by atoms with E-state index in [1.807, 2.05) is 32.9 Å². The zero-order valence-corrected chi connectivity index (χ0v) is 13.5. The molecule has 0 saturated heterocycles. The molecule has 0 saturated carbocycles. The minimum Gasteiger partial charge on any atom is -0.398 e. The summed E-state index contributed by atoms with van der Waals surface area (Å²) in [6.45, 7) is 7.42. The normalized spacial score (nSPS) is 11.4. The van der Waals surface area contributed by atoms with Crippen molar-refractivity contribution in [3.63, 3.8) is 0 Å². The van der Waals surface area contributed by atoms with Crippen LogP contribution < -0.4 is 10.5 Å². The van der Waals surface area contributed by atoms with E-state index in [9.17, 15) is 8.42 Å². The van der Waals surface area contributed by atoms with Crippen molar-refractivity contribution in [3.05, 3.63) is 52.6 Å². The first-order valence-electron chi connectivity index (χ1n) is 6.68. The summed E-state index contributed by atoms with van der Waals surface area (Å²) in [5.74, 6) is 0. The molecule has 2 rings (SSSR count). The quantitative estimate of drug-likeness (QED) is 0.855. The van der Waals surface area contributed by atoms with E-state index in [0.717, 1.165) is 22.3 Å². The van der Waals surface area contributed by atoms with Crippen molar-refractivity contribution in [1.29, 1.82) is 0 Å². The van der Waals surface area contributed by atoms with Gasteiger partial charge in [0.25, 0.3) is 10.0 Å². The molecule has 21 heavy (non-hydrogen) atoms. The van der Waals surface area contributed by atoms with E-state index in [2.05, 4.69) is 4.72 Å². The van der Waals surface area contributed by atoms with Gasteiger partial charge in [-0.25, -0.2) is 8.42 Å². The fourth-order valence-corrected chi connectivity index (χ4v) is 3.63. The summed E-state index contributed by atoms with van der Waals surface area (Å²) in [5, 5.41) is 0. The molecular formula is C16H20N2O2S. The van der Waals surface area contributed by atoms with E-state index in [4.69, 9.17) is 5.73 Å². The van der Waals surface area contributed by atoms with Crippen molar-refractivity contribution < 1.29 is 8.42 Å². The second-order valence-corrected chi connectivity index (χ2v) is 6.99. The molecule has 5 heteroatoms. The molecular weight excluding hydrogens is 284 g/mol. The first kappa shape index (κ1) is 15.4. The standard InChI is InChI=1S/C16H20N2O2S/c1-10-5-8-15(12(3)9-10)21(19,20)18-14-7-6-11(2)16(17)13(14)4/h5-9,18H,17H2,1-4H3. The monoisotopic (exact) mass is 304 g/mol.